The first-order chi connectivity index (χ1) is 17.3. The molecule has 1 aromatic heterocycles. The topological polar surface area (TPSA) is 25.2 Å². The molecule has 170 valence electrons. The van der Waals surface area contributed by atoms with E-state index in [0.29, 0.717) is 0 Å². The van der Waals surface area contributed by atoms with Crippen molar-refractivity contribution in [2.24, 2.45) is 5.92 Å². The van der Waals surface area contributed by atoms with Crippen LogP contribution in [-0.4, -0.2) is 0 Å². The van der Waals surface area contributed by atoms with Gasteiger partial charge in [0.25, 0.3) is 0 Å². The number of benzene rings is 5. The second kappa shape index (κ2) is 8.02. The lowest BCUT2D eigenvalue weighted by molar-refractivity contribution is 0.515. The Labute approximate surface area is 204 Å². The highest BCUT2D eigenvalue weighted by molar-refractivity contribution is 6.19. The molecule has 1 aliphatic carbocycles. The van der Waals surface area contributed by atoms with Crippen LogP contribution in [0.5, 0.6) is 0 Å². The van der Waals surface area contributed by atoms with Gasteiger partial charge in [-0.1, -0.05) is 85.8 Å². The van der Waals surface area contributed by atoms with Crippen LogP contribution in [0.4, 0.5) is 5.69 Å². The minimum Gasteiger partial charge on any atom is -0.455 e. The Morgan fingerprint density at radius 3 is 2.43 bits per heavy atom. The molecule has 2 nitrogen and oxygen atoms in total. The molecule has 1 atom stereocenters. The third-order valence-corrected chi connectivity index (χ3v) is 7.57. The normalized spacial score (nSPS) is 16.3. The van der Waals surface area contributed by atoms with Gasteiger partial charge >= 0.3 is 0 Å². The zero-order valence-corrected chi connectivity index (χ0v) is 19.8. The maximum atomic E-state index is 6.56. The van der Waals surface area contributed by atoms with E-state index in [9.17, 15) is 0 Å². The molecule has 0 radical (unpaired) electrons. The average molecular weight is 454 g/mol. The third kappa shape index (κ3) is 3.32. The highest BCUT2D eigenvalue weighted by atomic mass is 16.3. The fraction of sp³-hybridized carbons (Fsp3) is 0.152. The van der Waals surface area contributed by atoms with Crippen LogP contribution in [0.15, 0.2) is 107 Å². The molecule has 1 aliphatic rings. The van der Waals surface area contributed by atoms with Gasteiger partial charge in [0, 0.05) is 16.6 Å². The number of para-hydroxylation sites is 1. The second-order valence-electron chi connectivity index (χ2n) is 9.88. The van der Waals surface area contributed by atoms with Crippen LogP contribution in [0, 0.1) is 5.92 Å². The Morgan fingerprint density at radius 1 is 0.714 bits per heavy atom. The molecule has 0 aliphatic heterocycles. The predicted molar refractivity (Wildman–Crippen MR) is 149 cm³/mol. The monoisotopic (exact) mass is 453 g/mol. The Morgan fingerprint density at radius 2 is 1.54 bits per heavy atom. The Balaban J connectivity index is 1.48. The summed E-state index contributed by atoms with van der Waals surface area (Å²) in [4.78, 5) is 0. The predicted octanol–water partition coefficient (Wildman–Crippen LogP) is 9.68. The highest BCUT2D eigenvalue weighted by Crippen LogP contribution is 2.43. The van der Waals surface area contributed by atoms with Crippen molar-refractivity contribution in [3.63, 3.8) is 0 Å². The fourth-order valence-corrected chi connectivity index (χ4v) is 5.67. The summed E-state index contributed by atoms with van der Waals surface area (Å²) in [5.41, 5.74) is 6.65. The SMILES string of the molecule is CC1CC=C(Nc2ccc(-c3cccc4c3ccc3ccccc34)c3oc4ccccc4c23)CC1. The Bertz CT molecular complexity index is 1770. The van der Waals surface area contributed by atoms with Crippen LogP contribution < -0.4 is 5.32 Å². The number of hydrogen-bond acceptors (Lipinski definition) is 2. The van der Waals surface area contributed by atoms with Gasteiger partial charge in [-0.3, -0.25) is 0 Å². The molecule has 1 unspecified atom stereocenters. The molecule has 7 rings (SSSR count). The van der Waals surface area contributed by atoms with E-state index < -0.39 is 0 Å². The number of anilines is 1. The molecule has 5 aromatic carbocycles. The van der Waals surface area contributed by atoms with Crippen molar-refractivity contribution in [3.8, 4) is 11.1 Å². The molecule has 0 fully saturated rings. The van der Waals surface area contributed by atoms with E-state index >= 15 is 0 Å². The van der Waals surface area contributed by atoms with E-state index in [1.807, 2.05) is 6.07 Å². The van der Waals surface area contributed by atoms with Crippen molar-refractivity contribution in [3.05, 3.63) is 103 Å². The van der Waals surface area contributed by atoms with Gasteiger partial charge in [-0.25, -0.2) is 0 Å². The number of furan rings is 1. The molecule has 2 heteroatoms. The lowest BCUT2D eigenvalue weighted by Gasteiger charge is -2.20. The number of allylic oxidation sites excluding steroid dienone is 2. The van der Waals surface area contributed by atoms with Gasteiger partial charge in [0.05, 0.1) is 11.1 Å². The lowest BCUT2D eigenvalue weighted by Crippen LogP contribution is -2.08. The van der Waals surface area contributed by atoms with Gasteiger partial charge in [0.2, 0.25) is 0 Å². The molecule has 6 aromatic rings. The molecule has 0 spiro atoms. The smallest absolute Gasteiger partial charge is 0.145 e. The van der Waals surface area contributed by atoms with E-state index in [0.717, 1.165) is 51.9 Å². The summed E-state index contributed by atoms with van der Waals surface area (Å²) in [6.07, 6.45) is 5.83. The van der Waals surface area contributed by atoms with Crippen LogP contribution in [0.2, 0.25) is 0 Å². The van der Waals surface area contributed by atoms with Gasteiger partial charge in [-0.2, -0.15) is 0 Å². The van der Waals surface area contributed by atoms with Gasteiger partial charge in [0.15, 0.2) is 0 Å². The number of hydrogen-bond donors (Lipinski definition) is 1. The number of nitrogens with one attached hydrogen (secondary N) is 1. The molecule has 0 amide bonds. The van der Waals surface area contributed by atoms with Crippen LogP contribution in [0.1, 0.15) is 26.2 Å². The van der Waals surface area contributed by atoms with Gasteiger partial charge < -0.3 is 9.73 Å². The fourth-order valence-electron chi connectivity index (χ4n) is 5.67. The van der Waals surface area contributed by atoms with E-state index in [-0.39, 0.29) is 0 Å². The van der Waals surface area contributed by atoms with Crippen molar-refractivity contribution in [2.45, 2.75) is 26.2 Å². The van der Waals surface area contributed by atoms with E-state index in [1.54, 1.807) is 0 Å². The van der Waals surface area contributed by atoms with Crippen molar-refractivity contribution < 1.29 is 4.42 Å². The van der Waals surface area contributed by atoms with Crippen molar-refractivity contribution in [2.75, 3.05) is 5.32 Å². The summed E-state index contributed by atoms with van der Waals surface area (Å²) in [6.45, 7) is 2.33. The van der Waals surface area contributed by atoms with Crippen LogP contribution in [0.3, 0.4) is 0 Å². The largest absolute Gasteiger partial charge is 0.455 e. The third-order valence-electron chi connectivity index (χ3n) is 7.57. The summed E-state index contributed by atoms with van der Waals surface area (Å²) in [6, 6.07) is 32.5. The lowest BCUT2D eigenvalue weighted by atomic mass is 9.92. The Hall–Kier alpha value is -4.04. The summed E-state index contributed by atoms with van der Waals surface area (Å²) in [7, 11) is 0. The molecule has 0 bridgehead atoms. The minimum absolute atomic E-state index is 0.764. The first kappa shape index (κ1) is 20.3. The van der Waals surface area contributed by atoms with Crippen molar-refractivity contribution in [1.29, 1.82) is 0 Å². The molecular formula is C33H27NO. The van der Waals surface area contributed by atoms with E-state index in [4.69, 9.17) is 4.42 Å². The van der Waals surface area contributed by atoms with Gasteiger partial charge in [-0.05, 0) is 70.5 Å². The molecular weight excluding hydrogens is 426 g/mol. The maximum absolute atomic E-state index is 6.56. The number of fused-ring (bicyclic) bond motifs is 6. The zero-order valence-electron chi connectivity index (χ0n) is 19.8. The summed E-state index contributed by atoms with van der Waals surface area (Å²) in [5, 5.41) is 11.1. The first-order valence-corrected chi connectivity index (χ1v) is 12.6. The zero-order chi connectivity index (χ0) is 23.4. The minimum atomic E-state index is 0.764. The average Bonchev–Trinajstić information content (AvgIpc) is 3.30. The van der Waals surface area contributed by atoms with E-state index in [2.05, 4.69) is 103 Å². The molecule has 0 saturated heterocycles. The summed E-state index contributed by atoms with van der Waals surface area (Å²) in [5.74, 6) is 0.764. The van der Waals surface area contributed by atoms with Crippen LogP contribution >= 0.6 is 0 Å². The standard InChI is InChI=1S/C33H27NO/c1-21-13-16-23(17-14-21)34-30-20-19-28(33-32(30)29-9-4-5-12-31(29)35-33)26-11-6-10-25-24-8-3-2-7-22(24)15-18-27(25)26/h2-12,15-16,18-21,34H,13-14,17H2,1H3. The van der Waals surface area contributed by atoms with Crippen molar-refractivity contribution in [1.82, 2.24) is 0 Å². The summed E-state index contributed by atoms with van der Waals surface area (Å²) >= 11 is 0. The molecule has 35 heavy (non-hydrogen) atoms. The Kier molecular flexibility index (Phi) is 4.66. The van der Waals surface area contributed by atoms with Crippen molar-refractivity contribution >= 4 is 49.2 Å². The molecule has 1 heterocycles. The quantitative estimate of drug-likeness (QED) is 0.270. The molecule has 0 saturated carbocycles. The highest BCUT2D eigenvalue weighted by Gasteiger charge is 2.19. The maximum Gasteiger partial charge on any atom is 0.145 e. The summed E-state index contributed by atoms with van der Waals surface area (Å²) < 4.78 is 6.56. The van der Waals surface area contributed by atoms with Gasteiger partial charge in [0.1, 0.15) is 11.2 Å². The number of rotatable bonds is 3. The van der Waals surface area contributed by atoms with Gasteiger partial charge in [-0.15, -0.1) is 0 Å². The van der Waals surface area contributed by atoms with E-state index in [1.165, 1.54) is 39.2 Å². The molecule has 1 N–H and O–H groups in total. The van der Waals surface area contributed by atoms with Crippen LogP contribution in [-0.2, 0) is 0 Å². The second-order valence-corrected chi connectivity index (χ2v) is 9.88. The van der Waals surface area contributed by atoms with Crippen LogP contribution in [0.25, 0.3) is 54.6 Å². The first-order valence-electron chi connectivity index (χ1n) is 12.6.